The molecule has 1 N–H and O–H groups in total. The monoisotopic (exact) mass is 335 g/mol. The molecule has 18 heavy (non-hydrogen) atoms. The Morgan fingerprint density at radius 3 is 2.83 bits per heavy atom. The molecule has 2 rings (SSSR count). The third-order valence-corrected chi connectivity index (χ3v) is 5.22. The Morgan fingerprint density at radius 2 is 2.28 bits per heavy atom. The first-order valence-electron chi connectivity index (χ1n) is 5.11. The van der Waals surface area contributed by atoms with Gasteiger partial charge in [0.2, 0.25) is 5.91 Å². The second kappa shape index (κ2) is 4.93. The van der Waals surface area contributed by atoms with Crippen molar-refractivity contribution in [2.24, 2.45) is 0 Å². The molecule has 2 aliphatic heterocycles. The maximum absolute atomic E-state index is 11.7. The standard InChI is InChI=1S/C10H10BrNO5S/c1-4(13)17-2-5-3-18-9-6(11)8(14)12(9)7(5)10(15)16/h6,9H,2-3H2,1H3,(H,15,16)/t6-,9-/m1/s1. The number of ether oxygens (including phenoxy) is 1. The average Bonchev–Trinajstić information content (AvgIpc) is 2.33. The van der Waals surface area contributed by atoms with Crippen LogP contribution < -0.4 is 0 Å². The molecular weight excluding hydrogens is 326 g/mol. The third kappa shape index (κ3) is 2.14. The Hall–Kier alpha value is -1.02. The van der Waals surface area contributed by atoms with Crippen LogP contribution in [0.5, 0.6) is 0 Å². The van der Waals surface area contributed by atoms with Crippen molar-refractivity contribution < 1.29 is 24.2 Å². The van der Waals surface area contributed by atoms with Crippen LogP contribution in [-0.4, -0.2) is 50.4 Å². The molecule has 98 valence electrons. The summed E-state index contributed by atoms with van der Waals surface area (Å²) in [6.45, 7) is 1.16. The van der Waals surface area contributed by atoms with Gasteiger partial charge >= 0.3 is 11.9 Å². The molecule has 0 unspecified atom stereocenters. The van der Waals surface area contributed by atoms with E-state index in [1.807, 2.05) is 0 Å². The van der Waals surface area contributed by atoms with Crippen LogP contribution in [0.15, 0.2) is 11.3 Å². The molecule has 0 bridgehead atoms. The second-order valence-electron chi connectivity index (χ2n) is 3.85. The van der Waals surface area contributed by atoms with Gasteiger partial charge < -0.3 is 9.84 Å². The lowest BCUT2D eigenvalue weighted by atomic mass is 10.1. The maximum atomic E-state index is 11.7. The van der Waals surface area contributed by atoms with Crippen LogP contribution in [0.1, 0.15) is 6.92 Å². The summed E-state index contributed by atoms with van der Waals surface area (Å²) >= 11 is 4.66. The molecule has 2 aliphatic rings. The quantitative estimate of drug-likeness (QED) is 0.461. The normalized spacial score (nSPS) is 26.6. The Labute approximate surface area is 115 Å². The minimum Gasteiger partial charge on any atom is -0.477 e. The van der Waals surface area contributed by atoms with Crippen LogP contribution in [0.2, 0.25) is 0 Å². The fourth-order valence-electron chi connectivity index (χ4n) is 1.80. The van der Waals surface area contributed by atoms with Gasteiger partial charge in [0.15, 0.2) is 0 Å². The van der Waals surface area contributed by atoms with Gasteiger partial charge in [-0.25, -0.2) is 4.79 Å². The number of carbonyl (C=O) groups is 3. The predicted octanol–water partition coefficient (Wildman–Crippen LogP) is 0.567. The summed E-state index contributed by atoms with van der Waals surface area (Å²) in [5, 5.41) is 8.99. The van der Waals surface area contributed by atoms with Crippen LogP contribution in [0.4, 0.5) is 0 Å². The molecule has 0 aromatic rings. The van der Waals surface area contributed by atoms with Gasteiger partial charge in [-0.3, -0.25) is 14.5 Å². The molecule has 1 saturated heterocycles. The van der Waals surface area contributed by atoms with Gasteiger partial charge in [0.05, 0.1) is 0 Å². The Bertz CT molecular complexity index is 463. The summed E-state index contributed by atoms with van der Waals surface area (Å²) in [6, 6.07) is 0. The van der Waals surface area contributed by atoms with Crippen molar-refractivity contribution in [1.82, 2.24) is 4.90 Å². The zero-order valence-electron chi connectivity index (χ0n) is 9.38. The minimum absolute atomic E-state index is 0.0549. The number of rotatable bonds is 3. The fraction of sp³-hybridized carbons (Fsp3) is 0.500. The smallest absolute Gasteiger partial charge is 0.352 e. The lowest BCUT2D eigenvalue weighted by Gasteiger charge is -2.47. The SMILES string of the molecule is CC(=O)OCC1=C(C(=O)O)N2C(=O)[C@@H](Br)[C@H]2SC1. The number of carbonyl (C=O) groups excluding carboxylic acids is 2. The molecule has 8 heteroatoms. The van der Waals surface area contributed by atoms with Gasteiger partial charge in [0, 0.05) is 18.2 Å². The van der Waals surface area contributed by atoms with Crippen molar-refractivity contribution >= 4 is 45.5 Å². The van der Waals surface area contributed by atoms with E-state index in [1.165, 1.54) is 23.6 Å². The van der Waals surface area contributed by atoms with Crippen LogP contribution in [0.25, 0.3) is 0 Å². The number of β-lactam (4-membered cyclic amide) rings is 1. The number of hydrogen-bond donors (Lipinski definition) is 1. The van der Waals surface area contributed by atoms with E-state index in [0.29, 0.717) is 11.3 Å². The summed E-state index contributed by atoms with van der Waals surface area (Å²) in [6.07, 6.45) is 0. The highest BCUT2D eigenvalue weighted by Gasteiger charge is 2.52. The average molecular weight is 336 g/mol. The molecule has 0 aliphatic carbocycles. The Kier molecular flexibility index (Phi) is 3.67. The van der Waals surface area contributed by atoms with Gasteiger partial charge in [-0.05, 0) is 0 Å². The van der Waals surface area contributed by atoms with Gasteiger partial charge in [0.25, 0.3) is 0 Å². The molecular formula is C10H10BrNO5S. The number of esters is 1. The highest BCUT2D eigenvalue weighted by atomic mass is 79.9. The number of alkyl halides is 1. The molecule has 0 aromatic heterocycles. The fourth-order valence-corrected chi connectivity index (χ4v) is 3.95. The molecule has 0 aromatic carbocycles. The topological polar surface area (TPSA) is 83.9 Å². The lowest BCUT2D eigenvalue weighted by molar-refractivity contribution is -0.145. The number of fused-ring (bicyclic) bond motifs is 1. The number of carboxylic acid groups (broad SMARTS) is 1. The molecule has 6 nitrogen and oxygen atoms in total. The summed E-state index contributed by atoms with van der Waals surface area (Å²) in [7, 11) is 0. The van der Waals surface area contributed by atoms with E-state index in [-0.39, 0.29) is 28.4 Å². The predicted molar refractivity (Wildman–Crippen MR) is 67.1 cm³/mol. The van der Waals surface area contributed by atoms with Gasteiger partial charge in [-0.15, -0.1) is 11.8 Å². The lowest BCUT2D eigenvalue weighted by Crippen LogP contribution is -2.62. The van der Waals surface area contributed by atoms with Crippen LogP contribution in [0.3, 0.4) is 0 Å². The van der Waals surface area contributed by atoms with Crippen LogP contribution in [0, 0.1) is 0 Å². The van der Waals surface area contributed by atoms with Crippen LogP contribution >= 0.6 is 27.7 Å². The highest BCUT2D eigenvalue weighted by molar-refractivity contribution is 9.10. The van der Waals surface area contributed by atoms with Gasteiger partial charge in [-0.2, -0.15) is 0 Å². The van der Waals surface area contributed by atoms with Gasteiger partial charge in [0.1, 0.15) is 22.5 Å². The zero-order valence-corrected chi connectivity index (χ0v) is 11.8. The second-order valence-corrected chi connectivity index (χ2v) is 5.94. The minimum atomic E-state index is -1.17. The van der Waals surface area contributed by atoms with E-state index in [1.54, 1.807) is 0 Å². The maximum Gasteiger partial charge on any atom is 0.352 e. The Morgan fingerprint density at radius 1 is 1.61 bits per heavy atom. The molecule has 0 saturated carbocycles. The summed E-state index contributed by atoms with van der Waals surface area (Å²) in [5.41, 5.74) is 0.396. The van der Waals surface area contributed by atoms with Gasteiger partial charge in [-0.1, -0.05) is 15.9 Å². The van der Waals surface area contributed by atoms with Crippen molar-refractivity contribution in [3.05, 3.63) is 11.3 Å². The number of thioether (sulfide) groups is 1. The summed E-state index contributed by atoms with van der Waals surface area (Å²) < 4.78 is 4.81. The largest absolute Gasteiger partial charge is 0.477 e. The van der Waals surface area contributed by atoms with Crippen LogP contribution in [-0.2, 0) is 19.1 Å². The van der Waals surface area contributed by atoms with Crippen molar-refractivity contribution in [3.63, 3.8) is 0 Å². The molecule has 1 amide bonds. The number of carboxylic acids is 1. The van der Waals surface area contributed by atoms with E-state index in [2.05, 4.69) is 15.9 Å². The van der Waals surface area contributed by atoms with Crippen molar-refractivity contribution in [3.8, 4) is 0 Å². The first-order valence-corrected chi connectivity index (χ1v) is 7.07. The highest BCUT2D eigenvalue weighted by Crippen LogP contribution is 2.43. The number of amides is 1. The first kappa shape index (κ1) is 13.4. The number of aliphatic carboxylic acids is 1. The Balaban J connectivity index is 2.26. The van der Waals surface area contributed by atoms with E-state index >= 15 is 0 Å². The zero-order chi connectivity index (χ0) is 13.4. The number of hydrogen-bond acceptors (Lipinski definition) is 5. The third-order valence-electron chi connectivity index (χ3n) is 2.63. The number of halogens is 1. The molecule has 2 heterocycles. The number of nitrogens with zero attached hydrogens (tertiary/aromatic N) is 1. The van der Waals surface area contributed by atoms with E-state index in [4.69, 9.17) is 4.74 Å². The van der Waals surface area contributed by atoms with Crippen molar-refractivity contribution in [1.29, 1.82) is 0 Å². The summed E-state index contributed by atoms with van der Waals surface area (Å²) in [5.74, 6) is -1.49. The van der Waals surface area contributed by atoms with E-state index in [0.717, 1.165) is 0 Å². The van der Waals surface area contributed by atoms with E-state index < -0.39 is 11.9 Å². The molecule has 2 atom stereocenters. The summed E-state index contributed by atoms with van der Waals surface area (Å²) in [4.78, 5) is 34.5. The molecule has 0 radical (unpaired) electrons. The van der Waals surface area contributed by atoms with E-state index in [9.17, 15) is 19.5 Å². The van der Waals surface area contributed by atoms with Crippen molar-refractivity contribution in [2.45, 2.75) is 17.1 Å². The first-order chi connectivity index (χ1) is 8.43. The molecule has 1 fully saturated rings. The van der Waals surface area contributed by atoms with Crippen molar-refractivity contribution in [2.75, 3.05) is 12.4 Å². The molecule has 0 spiro atoms.